The number of halogens is 2. The van der Waals surface area contributed by atoms with Crippen LogP contribution in [0.15, 0.2) is 77.5 Å². The first kappa shape index (κ1) is 17.3. The summed E-state index contributed by atoms with van der Waals surface area (Å²) in [6, 6.07) is 17.2. The molecule has 3 rings (SSSR count). The highest BCUT2D eigenvalue weighted by Gasteiger charge is 2.22. The fourth-order valence-electron chi connectivity index (χ4n) is 2.59. The average Bonchev–Trinajstić information content (AvgIpc) is 2.63. The number of carbonyl (C=O) groups excluding carboxylic acids is 1. The van der Waals surface area contributed by atoms with Crippen molar-refractivity contribution in [3.05, 3.63) is 94.5 Å². The average molecular weight is 399 g/mol. The molecule has 3 aromatic rings. The Morgan fingerprint density at radius 1 is 1.08 bits per heavy atom. The van der Waals surface area contributed by atoms with E-state index in [4.69, 9.17) is 0 Å². The Kier molecular flexibility index (Phi) is 5.56. The van der Waals surface area contributed by atoms with Crippen LogP contribution >= 0.6 is 15.9 Å². The van der Waals surface area contributed by atoms with Gasteiger partial charge in [0.25, 0.3) is 0 Å². The van der Waals surface area contributed by atoms with Crippen LogP contribution in [0, 0.1) is 5.82 Å². The fourth-order valence-corrected chi connectivity index (χ4v) is 2.98. The summed E-state index contributed by atoms with van der Waals surface area (Å²) in [5, 5.41) is 2.94. The van der Waals surface area contributed by atoms with Crippen molar-refractivity contribution < 1.29 is 9.18 Å². The summed E-state index contributed by atoms with van der Waals surface area (Å²) in [4.78, 5) is 17.0. The molecule has 0 saturated heterocycles. The van der Waals surface area contributed by atoms with E-state index in [2.05, 4.69) is 26.2 Å². The van der Waals surface area contributed by atoms with E-state index in [0.717, 1.165) is 15.6 Å². The van der Waals surface area contributed by atoms with E-state index in [0.29, 0.717) is 12.1 Å². The van der Waals surface area contributed by atoms with Gasteiger partial charge in [-0.2, -0.15) is 0 Å². The monoisotopic (exact) mass is 398 g/mol. The number of nitrogens with zero attached hydrogens (tertiary/aromatic N) is 1. The van der Waals surface area contributed by atoms with E-state index >= 15 is 0 Å². The number of nitrogens with one attached hydrogen (secondary N) is 1. The van der Waals surface area contributed by atoms with Gasteiger partial charge >= 0.3 is 0 Å². The van der Waals surface area contributed by atoms with Gasteiger partial charge in [0.15, 0.2) is 0 Å². The molecule has 5 heteroatoms. The molecular formula is C20H16BrFN2O. The van der Waals surface area contributed by atoms with Gasteiger partial charge in [-0.3, -0.25) is 9.78 Å². The standard InChI is InChI=1S/C20H16BrFN2O/c21-18-5-1-2-6-19(18)24-20(25)17(12-14-4-3-11-23-13-14)15-7-9-16(22)10-8-15/h1-11,13,17H,12H2,(H,24,25). The second-order valence-corrected chi connectivity index (χ2v) is 6.49. The summed E-state index contributed by atoms with van der Waals surface area (Å²) in [5.74, 6) is -0.922. The lowest BCUT2D eigenvalue weighted by atomic mass is 9.91. The lowest BCUT2D eigenvalue weighted by molar-refractivity contribution is -0.117. The van der Waals surface area contributed by atoms with Gasteiger partial charge in [0.1, 0.15) is 5.82 Å². The fraction of sp³-hybridized carbons (Fsp3) is 0.100. The van der Waals surface area contributed by atoms with Crippen molar-refractivity contribution in [2.75, 3.05) is 5.32 Å². The predicted octanol–water partition coefficient (Wildman–Crippen LogP) is 4.95. The molecule has 0 aliphatic heterocycles. The van der Waals surface area contributed by atoms with E-state index in [9.17, 15) is 9.18 Å². The van der Waals surface area contributed by atoms with Crippen molar-refractivity contribution in [2.45, 2.75) is 12.3 Å². The van der Waals surface area contributed by atoms with Crippen LogP contribution < -0.4 is 5.32 Å². The molecule has 0 fully saturated rings. The third-order valence-electron chi connectivity index (χ3n) is 3.88. The molecule has 0 spiro atoms. The Balaban J connectivity index is 1.88. The van der Waals surface area contributed by atoms with Crippen LogP contribution in [-0.2, 0) is 11.2 Å². The number of para-hydroxylation sites is 1. The van der Waals surface area contributed by atoms with E-state index in [1.807, 2.05) is 36.4 Å². The molecule has 2 aromatic carbocycles. The summed E-state index contributed by atoms with van der Waals surface area (Å²) >= 11 is 3.43. The zero-order valence-corrected chi connectivity index (χ0v) is 14.9. The Hall–Kier alpha value is -2.53. The molecule has 1 atom stereocenters. The maximum atomic E-state index is 13.3. The zero-order chi connectivity index (χ0) is 17.6. The molecule has 126 valence electrons. The van der Waals surface area contributed by atoms with E-state index in [1.54, 1.807) is 24.5 Å². The number of hydrogen-bond donors (Lipinski definition) is 1. The van der Waals surface area contributed by atoms with Crippen molar-refractivity contribution in [1.29, 1.82) is 0 Å². The minimum Gasteiger partial charge on any atom is -0.325 e. The lowest BCUT2D eigenvalue weighted by Gasteiger charge is -2.18. The maximum Gasteiger partial charge on any atom is 0.232 e. The highest BCUT2D eigenvalue weighted by Crippen LogP contribution is 2.26. The highest BCUT2D eigenvalue weighted by atomic mass is 79.9. The zero-order valence-electron chi connectivity index (χ0n) is 13.3. The molecule has 0 radical (unpaired) electrons. The summed E-state index contributed by atoms with van der Waals surface area (Å²) in [5.41, 5.74) is 2.40. The Labute approximate surface area is 154 Å². The number of hydrogen-bond acceptors (Lipinski definition) is 2. The van der Waals surface area contributed by atoms with Gasteiger partial charge in [-0.1, -0.05) is 30.3 Å². The van der Waals surface area contributed by atoms with Crippen molar-refractivity contribution in [2.24, 2.45) is 0 Å². The summed E-state index contributed by atoms with van der Waals surface area (Å²) in [7, 11) is 0. The van der Waals surface area contributed by atoms with Gasteiger partial charge in [0, 0.05) is 16.9 Å². The minimum absolute atomic E-state index is 0.151. The molecule has 1 amide bonds. The molecule has 3 nitrogen and oxygen atoms in total. The van der Waals surface area contributed by atoms with E-state index in [-0.39, 0.29) is 11.7 Å². The topological polar surface area (TPSA) is 42.0 Å². The Morgan fingerprint density at radius 2 is 1.84 bits per heavy atom. The molecule has 1 aromatic heterocycles. The normalized spacial score (nSPS) is 11.8. The molecule has 0 saturated carbocycles. The number of aromatic nitrogens is 1. The van der Waals surface area contributed by atoms with Gasteiger partial charge in [-0.25, -0.2) is 4.39 Å². The molecule has 1 unspecified atom stereocenters. The quantitative estimate of drug-likeness (QED) is 0.660. The van der Waals surface area contributed by atoms with Crippen LogP contribution in [0.2, 0.25) is 0 Å². The van der Waals surface area contributed by atoms with Crippen molar-refractivity contribution in [3.8, 4) is 0 Å². The molecular weight excluding hydrogens is 383 g/mol. The first-order valence-corrected chi connectivity index (χ1v) is 8.62. The largest absolute Gasteiger partial charge is 0.325 e. The summed E-state index contributed by atoms with van der Waals surface area (Å²) in [6.45, 7) is 0. The smallest absolute Gasteiger partial charge is 0.232 e. The molecule has 0 aliphatic carbocycles. The molecule has 1 heterocycles. The number of pyridine rings is 1. The third-order valence-corrected chi connectivity index (χ3v) is 4.57. The number of carbonyl (C=O) groups is 1. The van der Waals surface area contributed by atoms with Crippen LogP contribution in [0.5, 0.6) is 0 Å². The number of rotatable bonds is 5. The maximum absolute atomic E-state index is 13.3. The van der Waals surface area contributed by atoms with Gasteiger partial charge in [0.2, 0.25) is 5.91 Å². The first-order chi connectivity index (χ1) is 12.1. The minimum atomic E-state index is -0.447. The predicted molar refractivity (Wildman–Crippen MR) is 99.9 cm³/mol. The number of amides is 1. The van der Waals surface area contributed by atoms with Crippen LogP contribution in [0.4, 0.5) is 10.1 Å². The van der Waals surface area contributed by atoms with E-state index < -0.39 is 5.92 Å². The molecule has 0 bridgehead atoms. The Morgan fingerprint density at radius 3 is 2.52 bits per heavy atom. The van der Waals surface area contributed by atoms with Crippen LogP contribution in [-0.4, -0.2) is 10.9 Å². The van der Waals surface area contributed by atoms with Crippen molar-refractivity contribution in [1.82, 2.24) is 4.98 Å². The number of anilines is 1. The van der Waals surface area contributed by atoms with Gasteiger partial charge in [0.05, 0.1) is 11.6 Å². The molecule has 0 aliphatic rings. The van der Waals surface area contributed by atoms with Crippen LogP contribution in [0.3, 0.4) is 0 Å². The van der Waals surface area contributed by atoms with Crippen LogP contribution in [0.25, 0.3) is 0 Å². The van der Waals surface area contributed by atoms with Crippen molar-refractivity contribution in [3.63, 3.8) is 0 Å². The van der Waals surface area contributed by atoms with Gasteiger partial charge in [-0.05, 0) is 63.8 Å². The summed E-state index contributed by atoms with van der Waals surface area (Å²) in [6.07, 6.45) is 3.91. The summed E-state index contributed by atoms with van der Waals surface area (Å²) < 4.78 is 14.1. The van der Waals surface area contributed by atoms with Gasteiger partial charge < -0.3 is 5.32 Å². The Bertz CT molecular complexity index is 853. The van der Waals surface area contributed by atoms with Gasteiger partial charge in [-0.15, -0.1) is 0 Å². The van der Waals surface area contributed by atoms with Crippen LogP contribution in [0.1, 0.15) is 17.0 Å². The third kappa shape index (κ3) is 4.51. The molecule has 25 heavy (non-hydrogen) atoms. The second-order valence-electron chi connectivity index (χ2n) is 5.64. The first-order valence-electron chi connectivity index (χ1n) is 7.83. The van der Waals surface area contributed by atoms with Crippen molar-refractivity contribution >= 4 is 27.5 Å². The van der Waals surface area contributed by atoms with E-state index in [1.165, 1.54) is 12.1 Å². The lowest BCUT2D eigenvalue weighted by Crippen LogP contribution is -2.23. The second kappa shape index (κ2) is 8.03. The molecule has 1 N–H and O–H groups in total. The number of benzene rings is 2. The highest BCUT2D eigenvalue weighted by molar-refractivity contribution is 9.10. The SMILES string of the molecule is O=C(Nc1ccccc1Br)C(Cc1cccnc1)c1ccc(F)cc1.